The van der Waals surface area contributed by atoms with E-state index in [0.717, 1.165) is 11.1 Å². The lowest BCUT2D eigenvalue weighted by atomic mass is 10.0. The van der Waals surface area contributed by atoms with Gasteiger partial charge >= 0.3 is 0 Å². The van der Waals surface area contributed by atoms with E-state index in [1.54, 1.807) is 12.3 Å². The van der Waals surface area contributed by atoms with E-state index in [1.165, 1.54) is 6.92 Å². The fourth-order valence-electron chi connectivity index (χ4n) is 1.68. The maximum Gasteiger partial charge on any atom is 0.230 e. The van der Waals surface area contributed by atoms with E-state index >= 15 is 0 Å². The summed E-state index contributed by atoms with van der Waals surface area (Å²) >= 11 is 0. The van der Waals surface area contributed by atoms with Gasteiger partial charge in [-0.2, -0.15) is 0 Å². The number of ketones is 1. The maximum absolute atomic E-state index is 11.2. The Hall–Kier alpha value is -2.03. The van der Waals surface area contributed by atoms with Crippen LogP contribution in [0.4, 0.5) is 0 Å². The van der Waals surface area contributed by atoms with Crippen LogP contribution in [0, 0.1) is 0 Å². The van der Waals surface area contributed by atoms with Gasteiger partial charge in [0.05, 0.1) is 0 Å². The normalized spacial score (nSPS) is 14.9. The lowest BCUT2D eigenvalue weighted by Crippen LogP contribution is -1.99. The molecule has 3 nitrogen and oxygen atoms in total. The predicted molar refractivity (Wildman–Crippen MR) is 64.0 cm³/mol. The van der Waals surface area contributed by atoms with Gasteiger partial charge in [-0.1, -0.05) is 30.3 Å². The topological polar surface area (TPSA) is 35.5 Å². The molecule has 0 unspecified atom stereocenters. The van der Waals surface area contributed by atoms with Gasteiger partial charge in [0, 0.05) is 12.0 Å². The third-order valence-electron chi connectivity index (χ3n) is 2.40. The van der Waals surface area contributed by atoms with Gasteiger partial charge in [-0.15, -0.1) is 0 Å². The van der Waals surface area contributed by atoms with Crippen molar-refractivity contribution < 1.29 is 14.3 Å². The summed E-state index contributed by atoms with van der Waals surface area (Å²) in [6.45, 7) is 1.75. The molecule has 0 aromatic heterocycles. The van der Waals surface area contributed by atoms with Crippen molar-refractivity contribution in [1.82, 2.24) is 0 Å². The van der Waals surface area contributed by atoms with Crippen molar-refractivity contribution in [2.75, 3.05) is 6.79 Å². The molecule has 0 atom stereocenters. The van der Waals surface area contributed by atoms with Crippen molar-refractivity contribution in [1.29, 1.82) is 0 Å². The van der Waals surface area contributed by atoms with E-state index < -0.39 is 0 Å². The first-order valence-electron chi connectivity index (χ1n) is 5.46. The number of carbonyl (C=O) groups is 1. The molecule has 1 aliphatic rings. The first kappa shape index (κ1) is 11.5. The third kappa shape index (κ3) is 3.21. The fraction of sp³-hybridized carbons (Fsp3) is 0.214. The van der Waals surface area contributed by atoms with Gasteiger partial charge in [0.15, 0.2) is 11.5 Å². The Balaban J connectivity index is 2.20. The molecule has 0 saturated heterocycles. The Morgan fingerprint density at radius 2 is 2.12 bits per heavy atom. The first-order valence-corrected chi connectivity index (χ1v) is 5.46. The second kappa shape index (κ2) is 5.34. The molecule has 0 aliphatic carbocycles. The maximum atomic E-state index is 11.2. The van der Waals surface area contributed by atoms with E-state index in [1.807, 2.05) is 30.3 Å². The summed E-state index contributed by atoms with van der Waals surface area (Å²) in [6.07, 6.45) is 3.81. The fourth-order valence-corrected chi connectivity index (χ4v) is 1.68. The van der Waals surface area contributed by atoms with Crippen molar-refractivity contribution in [3.63, 3.8) is 0 Å². The van der Waals surface area contributed by atoms with Gasteiger partial charge in [-0.05, 0) is 18.6 Å². The van der Waals surface area contributed by atoms with Gasteiger partial charge in [0.25, 0.3) is 0 Å². The number of carbonyl (C=O) groups excluding carboxylic acids is 1. The summed E-state index contributed by atoms with van der Waals surface area (Å²) in [6, 6.07) is 9.95. The summed E-state index contributed by atoms with van der Waals surface area (Å²) in [5.41, 5.74) is 1.98. The van der Waals surface area contributed by atoms with Crippen LogP contribution in [0.1, 0.15) is 12.5 Å². The quantitative estimate of drug-likeness (QED) is 0.746. The zero-order chi connectivity index (χ0) is 12.1. The van der Waals surface area contributed by atoms with Crippen molar-refractivity contribution in [3.8, 4) is 0 Å². The van der Waals surface area contributed by atoms with E-state index in [-0.39, 0.29) is 12.6 Å². The van der Waals surface area contributed by atoms with E-state index in [9.17, 15) is 4.79 Å². The van der Waals surface area contributed by atoms with Crippen LogP contribution in [-0.2, 0) is 20.7 Å². The summed E-state index contributed by atoms with van der Waals surface area (Å²) in [7, 11) is 0. The van der Waals surface area contributed by atoms with Gasteiger partial charge in [-0.25, -0.2) is 0 Å². The Morgan fingerprint density at radius 3 is 2.71 bits per heavy atom. The average Bonchev–Trinajstić information content (AvgIpc) is 2.82. The Bertz CT molecular complexity index is 458. The van der Waals surface area contributed by atoms with Gasteiger partial charge in [-0.3, -0.25) is 4.79 Å². The summed E-state index contributed by atoms with van der Waals surface area (Å²) in [5.74, 6) is 0.649. The number of ether oxygens (including phenoxy) is 2. The largest absolute Gasteiger partial charge is 0.461 e. The number of hydrogen-bond donors (Lipinski definition) is 0. The number of hydrogen-bond acceptors (Lipinski definition) is 3. The third-order valence-corrected chi connectivity index (χ3v) is 2.40. The first-order chi connectivity index (χ1) is 8.25. The van der Waals surface area contributed by atoms with Crippen LogP contribution in [0.5, 0.6) is 0 Å². The van der Waals surface area contributed by atoms with E-state index in [4.69, 9.17) is 9.47 Å². The second-order valence-electron chi connectivity index (χ2n) is 3.85. The molecule has 0 fully saturated rings. The number of rotatable bonds is 4. The molecule has 0 spiro atoms. The van der Waals surface area contributed by atoms with E-state index in [0.29, 0.717) is 12.2 Å². The summed E-state index contributed by atoms with van der Waals surface area (Å²) in [5, 5.41) is 0. The van der Waals surface area contributed by atoms with Crippen LogP contribution >= 0.6 is 0 Å². The van der Waals surface area contributed by atoms with Crippen molar-refractivity contribution in [2.45, 2.75) is 13.3 Å². The van der Waals surface area contributed by atoms with Gasteiger partial charge in [0.2, 0.25) is 6.79 Å². The van der Waals surface area contributed by atoms with Gasteiger partial charge < -0.3 is 9.47 Å². The Labute approximate surface area is 100 Å². The molecular weight excluding hydrogens is 216 g/mol. The molecule has 0 saturated carbocycles. The molecule has 0 bridgehead atoms. The minimum absolute atomic E-state index is 0.00679. The smallest absolute Gasteiger partial charge is 0.230 e. The van der Waals surface area contributed by atoms with Crippen LogP contribution in [0.3, 0.4) is 0 Å². The molecule has 0 amide bonds. The standard InChI is InChI=1S/C14H14O3/c1-11(15)7-13(14-9-16-10-17-14)8-12-5-3-2-4-6-12/h2-7,9H,8,10H2,1H3/b13-7+. The Kier molecular flexibility index (Phi) is 3.60. The average molecular weight is 230 g/mol. The van der Waals surface area contributed by atoms with Crippen LogP contribution in [0.15, 0.2) is 54.0 Å². The SMILES string of the molecule is CC(=O)/C=C(\Cc1ccccc1)C1=COCO1. The molecule has 2 rings (SSSR count). The lowest BCUT2D eigenvalue weighted by Gasteiger charge is -2.07. The lowest BCUT2D eigenvalue weighted by molar-refractivity contribution is -0.112. The van der Waals surface area contributed by atoms with Crippen LogP contribution in [0.25, 0.3) is 0 Å². The van der Waals surface area contributed by atoms with Gasteiger partial charge in [0.1, 0.15) is 6.26 Å². The molecule has 3 heteroatoms. The highest BCUT2D eigenvalue weighted by atomic mass is 16.7. The highest BCUT2D eigenvalue weighted by molar-refractivity contribution is 5.88. The summed E-state index contributed by atoms with van der Waals surface area (Å²) < 4.78 is 10.3. The van der Waals surface area contributed by atoms with Crippen molar-refractivity contribution in [3.05, 3.63) is 59.6 Å². The molecule has 17 heavy (non-hydrogen) atoms. The molecule has 1 heterocycles. The molecule has 88 valence electrons. The van der Waals surface area contributed by atoms with E-state index in [2.05, 4.69) is 0 Å². The minimum atomic E-state index is 0.00679. The Morgan fingerprint density at radius 1 is 1.35 bits per heavy atom. The minimum Gasteiger partial charge on any atom is -0.461 e. The van der Waals surface area contributed by atoms with Crippen molar-refractivity contribution in [2.24, 2.45) is 0 Å². The van der Waals surface area contributed by atoms with Crippen molar-refractivity contribution >= 4 is 5.78 Å². The van der Waals surface area contributed by atoms with Crippen LogP contribution < -0.4 is 0 Å². The monoisotopic (exact) mass is 230 g/mol. The predicted octanol–water partition coefficient (Wildman–Crippen LogP) is 2.59. The molecule has 1 aliphatic heterocycles. The molecular formula is C14H14O3. The molecule has 0 radical (unpaired) electrons. The zero-order valence-corrected chi connectivity index (χ0v) is 9.68. The zero-order valence-electron chi connectivity index (χ0n) is 9.68. The number of benzene rings is 1. The summed E-state index contributed by atoms with van der Waals surface area (Å²) in [4.78, 5) is 11.2. The second-order valence-corrected chi connectivity index (χ2v) is 3.85. The van der Waals surface area contributed by atoms with Crippen LogP contribution in [0.2, 0.25) is 0 Å². The number of allylic oxidation sites excluding steroid dienone is 2. The highest BCUT2D eigenvalue weighted by Gasteiger charge is 2.13. The molecule has 0 N–H and O–H groups in total. The molecule has 1 aromatic carbocycles. The van der Waals surface area contributed by atoms with Crippen LogP contribution in [-0.4, -0.2) is 12.6 Å². The molecule has 1 aromatic rings. The highest BCUT2D eigenvalue weighted by Crippen LogP contribution is 2.21.